The number of carbonyl (C=O) groups is 2. The van der Waals surface area contributed by atoms with Crippen LogP contribution in [0.15, 0.2) is 23.5 Å². The first kappa shape index (κ1) is 13.5. The van der Waals surface area contributed by atoms with Crippen molar-refractivity contribution in [2.75, 3.05) is 18.5 Å². The Morgan fingerprint density at radius 2 is 2.38 bits per heavy atom. The summed E-state index contributed by atoms with van der Waals surface area (Å²) < 4.78 is 6.96. The number of anilines is 1. The molecule has 2 atom stereocenters. The highest BCUT2D eigenvalue weighted by molar-refractivity contribution is 6.04. The number of imidazole rings is 1. The van der Waals surface area contributed by atoms with Gasteiger partial charge < -0.3 is 14.6 Å². The smallest absolute Gasteiger partial charge is 0.302 e. The van der Waals surface area contributed by atoms with Crippen molar-refractivity contribution in [2.24, 2.45) is 10.9 Å². The number of carbonyl (C=O) groups excluding carboxylic acids is 2. The Balaban J connectivity index is 1.75. The van der Waals surface area contributed by atoms with E-state index in [4.69, 9.17) is 4.74 Å². The molecule has 1 aliphatic heterocycles. The number of nitrogens with zero attached hydrogens (tertiary/aromatic N) is 3. The Labute approximate surface area is 121 Å². The first-order chi connectivity index (χ1) is 10.1. The monoisotopic (exact) mass is 288 g/mol. The van der Waals surface area contributed by atoms with Crippen molar-refractivity contribution >= 4 is 23.9 Å². The van der Waals surface area contributed by atoms with Crippen molar-refractivity contribution in [1.82, 2.24) is 9.55 Å². The van der Waals surface area contributed by atoms with Crippen LogP contribution in [0.4, 0.5) is 5.82 Å². The highest BCUT2D eigenvalue weighted by Gasteiger charge is 2.26. The molecular formula is C14H16N4O3. The largest absolute Gasteiger partial charge is 0.465 e. The minimum Gasteiger partial charge on any atom is -0.465 e. The van der Waals surface area contributed by atoms with Crippen molar-refractivity contribution in [2.45, 2.75) is 19.4 Å². The third-order valence-corrected chi connectivity index (χ3v) is 3.59. The van der Waals surface area contributed by atoms with E-state index in [1.54, 1.807) is 6.33 Å². The normalized spacial score (nSPS) is 23.6. The zero-order valence-electron chi connectivity index (χ0n) is 11.7. The molecule has 1 aliphatic carbocycles. The predicted octanol–water partition coefficient (Wildman–Crippen LogP) is 1.20. The van der Waals surface area contributed by atoms with E-state index in [0.29, 0.717) is 18.1 Å². The van der Waals surface area contributed by atoms with Gasteiger partial charge in [-0.2, -0.15) is 0 Å². The summed E-state index contributed by atoms with van der Waals surface area (Å²) in [6.45, 7) is 1.90. The lowest BCUT2D eigenvalue weighted by Gasteiger charge is -2.16. The van der Waals surface area contributed by atoms with E-state index in [1.165, 1.54) is 13.3 Å². The number of ketones is 1. The summed E-state index contributed by atoms with van der Waals surface area (Å²) in [5, 5.41) is 3.01. The molecule has 0 unspecified atom stereocenters. The van der Waals surface area contributed by atoms with Gasteiger partial charge in [0.05, 0.1) is 25.3 Å². The average molecular weight is 288 g/mol. The van der Waals surface area contributed by atoms with Gasteiger partial charge in [-0.15, -0.1) is 0 Å². The number of nitrogens with one attached hydrogen (secondary N) is 1. The molecule has 1 N–H and O–H groups in total. The van der Waals surface area contributed by atoms with Crippen LogP contribution < -0.4 is 5.32 Å². The number of aliphatic imine (C=N–C) groups is 1. The van der Waals surface area contributed by atoms with Crippen LogP contribution in [0.3, 0.4) is 0 Å². The van der Waals surface area contributed by atoms with Crippen molar-refractivity contribution in [3.63, 3.8) is 0 Å². The molecule has 0 saturated heterocycles. The van der Waals surface area contributed by atoms with Crippen LogP contribution in [0.25, 0.3) is 0 Å². The summed E-state index contributed by atoms with van der Waals surface area (Å²) in [5.41, 5.74) is 0.421. The Hall–Kier alpha value is -2.44. The molecule has 3 rings (SSSR count). The molecule has 7 heteroatoms. The summed E-state index contributed by atoms with van der Waals surface area (Å²) in [6.07, 6.45) is 8.08. The number of Topliss-reactive ketones (excluding diaryl/α,β-unsaturated/α-hetero) is 1. The van der Waals surface area contributed by atoms with E-state index in [2.05, 4.69) is 15.3 Å². The van der Waals surface area contributed by atoms with Crippen molar-refractivity contribution in [3.8, 4) is 0 Å². The maximum atomic E-state index is 11.9. The summed E-state index contributed by atoms with van der Waals surface area (Å²) >= 11 is 0. The van der Waals surface area contributed by atoms with Gasteiger partial charge in [-0.1, -0.05) is 12.2 Å². The molecule has 2 aliphatic rings. The summed E-state index contributed by atoms with van der Waals surface area (Å²) in [6, 6.07) is 0.0913. The van der Waals surface area contributed by atoms with Crippen LogP contribution in [0.5, 0.6) is 0 Å². The summed E-state index contributed by atoms with van der Waals surface area (Å²) in [5.74, 6) is 0.492. The minimum atomic E-state index is -0.271. The molecule has 2 heterocycles. The standard InChI is InChI=1S/C14H16N4O3/c1-9(19)21-6-10-2-3-11(4-10)18-8-17-13-12(20)5-15-7-16-14(13)18/h2-3,7-8,10-11H,4-6H2,1H3,(H,15,16)/t10-,11+/m1/s1. The van der Waals surface area contributed by atoms with Crippen LogP contribution in [0.1, 0.15) is 29.9 Å². The van der Waals surface area contributed by atoms with Crippen LogP contribution in [0.2, 0.25) is 0 Å². The lowest BCUT2D eigenvalue weighted by Crippen LogP contribution is -2.13. The number of ether oxygens (including phenoxy) is 1. The van der Waals surface area contributed by atoms with Gasteiger partial charge in [0.25, 0.3) is 0 Å². The van der Waals surface area contributed by atoms with Gasteiger partial charge in [0.1, 0.15) is 12.4 Å². The van der Waals surface area contributed by atoms with E-state index < -0.39 is 0 Å². The second-order valence-corrected chi connectivity index (χ2v) is 5.14. The first-order valence-electron chi connectivity index (χ1n) is 6.81. The van der Waals surface area contributed by atoms with Crippen LogP contribution in [-0.2, 0) is 9.53 Å². The van der Waals surface area contributed by atoms with E-state index in [1.807, 2.05) is 16.7 Å². The van der Waals surface area contributed by atoms with Gasteiger partial charge in [0, 0.05) is 12.8 Å². The summed E-state index contributed by atoms with van der Waals surface area (Å²) in [7, 11) is 0. The fraction of sp³-hybridized carbons (Fsp3) is 0.429. The van der Waals surface area contributed by atoms with Crippen LogP contribution in [-0.4, -0.2) is 40.8 Å². The molecular weight excluding hydrogens is 272 g/mol. The molecule has 0 fully saturated rings. The Kier molecular flexibility index (Phi) is 3.55. The molecule has 21 heavy (non-hydrogen) atoms. The predicted molar refractivity (Wildman–Crippen MR) is 76.5 cm³/mol. The summed E-state index contributed by atoms with van der Waals surface area (Å²) in [4.78, 5) is 30.9. The Bertz CT molecular complexity index is 632. The van der Waals surface area contributed by atoms with Crippen LogP contribution >= 0.6 is 0 Å². The first-order valence-corrected chi connectivity index (χ1v) is 6.81. The van der Waals surface area contributed by atoms with E-state index in [0.717, 1.165) is 6.42 Å². The molecule has 0 bridgehead atoms. The lowest BCUT2D eigenvalue weighted by molar-refractivity contribution is -0.141. The zero-order valence-corrected chi connectivity index (χ0v) is 11.7. The SMILES string of the molecule is CC(=O)OC[C@@H]1C=C[C@H](n2cnc3c2NC=NCC3=O)C1. The van der Waals surface area contributed by atoms with Gasteiger partial charge in [-0.25, -0.2) is 4.98 Å². The number of esters is 1. The fourth-order valence-corrected chi connectivity index (χ4v) is 2.58. The molecule has 1 aromatic rings. The number of rotatable bonds is 3. The third-order valence-electron chi connectivity index (χ3n) is 3.59. The van der Waals surface area contributed by atoms with Crippen LogP contribution in [0, 0.1) is 5.92 Å². The van der Waals surface area contributed by atoms with Gasteiger partial charge in [0.2, 0.25) is 5.78 Å². The van der Waals surface area contributed by atoms with Crippen molar-refractivity contribution in [1.29, 1.82) is 0 Å². The average Bonchev–Trinajstić information content (AvgIpc) is 3.03. The lowest BCUT2D eigenvalue weighted by atomic mass is 10.1. The third kappa shape index (κ3) is 2.72. The second kappa shape index (κ2) is 5.51. The van der Waals surface area contributed by atoms with Gasteiger partial charge in [-0.05, 0) is 6.42 Å². The van der Waals surface area contributed by atoms with E-state index in [-0.39, 0.29) is 30.3 Å². The van der Waals surface area contributed by atoms with E-state index >= 15 is 0 Å². The molecule has 0 saturated carbocycles. The highest BCUT2D eigenvalue weighted by Crippen LogP contribution is 2.32. The number of aromatic nitrogens is 2. The Morgan fingerprint density at radius 3 is 3.19 bits per heavy atom. The maximum absolute atomic E-state index is 11.9. The van der Waals surface area contributed by atoms with Gasteiger partial charge >= 0.3 is 5.97 Å². The number of hydrogen-bond donors (Lipinski definition) is 1. The van der Waals surface area contributed by atoms with Gasteiger partial charge in [-0.3, -0.25) is 14.6 Å². The molecule has 0 spiro atoms. The zero-order chi connectivity index (χ0) is 14.8. The molecule has 1 aromatic heterocycles. The van der Waals surface area contributed by atoms with Gasteiger partial charge in [0.15, 0.2) is 5.69 Å². The quantitative estimate of drug-likeness (QED) is 0.667. The molecule has 0 amide bonds. The Morgan fingerprint density at radius 1 is 1.52 bits per heavy atom. The number of fused-ring (bicyclic) bond motifs is 1. The number of allylic oxidation sites excluding steroid dienone is 1. The molecule has 0 radical (unpaired) electrons. The minimum absolute atomic E-state index is 0.0913. The van der Waals surface area contributed by atoms with E-state index in [9.17, 15) is 9.59 Å². The molecule has 0 aromatic carbocycles. The van der Waals surface area contributed by atoms with Crippen molar-refractivity contribution in [3.05, 3.63) is 24.2 Å². The highest BCUT2D eigenvalue weighted by atomic mass is 16.5. The number of hydrogen-bond acceptors (Lipinski definition) is 6. The fourth-order valence-electron chi connectivity index (χ4n) is 2.58. The molecule has 7 nitrogen and oxygen atoms in total. The second-order valence-electron chi connectivity index (χ2n) is 5.14. The maximum Gasteiger partial charge on any atom is 0.302 e. The topological polar surface area (TPSA) is 85.6 Å². The molecule has 110 valence electrons. The van der Waals surface area contributed by atoms with Crippen molar-refractivity contribution < 1.29 is 14.3 Å².